The fraction of sp³-hybridized carbons (Fsp3) is 0. The highest BCUT2D eigenvalue weighted by molar-refractivity contribution is 6.35. The lowest BCUT2D eigenvalue weighted by Crippen LogP contribution is -1.92. The summed E-state index contributed by atoms with van der Waals surface area (Å²) in [7, 11) is 0. The predicted octanol–water partition coefficient (Wildman–Crippen LogP) is 4.49. The van der Waals surface area contributed by atoms with Gasteiger partial charge in [0.25, 0.3) is 0 Å². The summed E-state index contributed by atoms with van der Waals surface area (Å²) in [5, 5.41) is 1.43. The largest absolute Gasteiger partial charge is 0.454 e. The van der Waals surface area contributed by atoms with E-state index in [0.717, 1.165) is 11.7 Å². The van der Waals surface area contributed by atoms with Crippen LogP contribution in [0.4, 0.5) is 0 Å². The van der Waals surface area contributed by atoms with Gasteiger partial charge in [0.05, 0.1) is 10.6 Å². The van der Waals surface area contributed by atoms with Crippen molar-refractivity contribution in [1.82, 2.24) is 4.98 Å². The summed E-state index contributed by atoms with van der Waals surface area (Å²) in [5.41, 5.74) is 1.16. The van der Waals surface area contributed by atoms with E-state index in [1.54, 1.807) is 36.5 Å². The van der Waals surface area contributed by atoms with E-state index >= 15 is 0 Å². The first-order valence-corrected chi connectivity index (χ1v) is 6.42. The second kappa shape index (κ2) is 5.31. The van der Waals surface area contributed by atoms with Crippen LogP contribution in [0.2, 0.25) is 5.02 Å². The fourth-order valence-electron chi connectivity index (χ4n) is 1.98. The zero-order valence-electron chi connectivity index (χ0n) is 10.4. The average molecular weight is 284 g/mol. The summed E-state index contributed by atoms with van der Waals surface area (Å²) >= 11 is 6.14. The molecular formula is C16H10ClNO2. The molecule has 1 heterocycles. The van der Waals surface area contributed by atoms with E-state index < -0.39 is 0 Å². The minimum absolute atomic E-state index is 0.492. The van der Waals surface area contributed by atoms with Gasteiger partial charge >= 0.3 is 0 Å². The topological polar surface area (TPSA) is 39.2 Å². The number of para-hydroxylation sites is 1. The van der Waals surface area contributed by atoms with Crippen LogP contribution in [0.15, 0.2) is 54.7 Å². The first-order chi connectivity index (χ1) is 9.79. The first-order valence-electron chi connectivity index (χ1n) is 6.05. The Kier molecular flexibility index (Phi) is 3.35. The summed E-state index contributed by atoms with van der Waals surface area (Å²) in [4.78, 5) is 15.3. The number of halogens is 1. The monoisotopic (exact) mass is 283 g/mol. The molecule has 3 aromatic rings. The van der Waals surface area contributed by atoms with E-state index in [9.17, 15) is 4.79 Å². The molecule has 1 aromatic heterocycles. The number of aromatic nitrogens is 1. The SMILES string of the molecule is O=Cc1ccccc1Oc1ccc(Cl)c2cccnc12. The lowest BCUT2D eigenvalue weighted by atomic mass is 10.2. The van der Waals surface area contributed by atoms with Gasteiger partial charge < -0.3 is 4.74 Å². The summed E-state index contributed by atoms with van der Waals surface area (Å²) in [6, 6.07) is 14.2. The Morgan fingerprint density at radius 1 is 1.00 bits per heavy atom. The Morgan fingerprint density at radius 2 is 1.85 bits per heavy atom. The Bertz CT molecular complexity index is 786. The molecule has 0 saturated heterocycles. The lowest BCUT2D eigenvalue weighted by Gasteiger charge is -2.10. The number of rotatable bonds is 3. The Balaban J connectivity index is 2.12. The molecule has 0 unspecified atom stereocenters. The highest BCUT2D eigenvalue weighted by atomic mass is 35.5. The Morgan fingerprint density at radius 3 is 2.70 bits per heavy atom. The zero-order chi connectivity index (χ0) is 13.9. The van der Waals surface area contributed by atoms with Gasteiger partial charge in [0.2, 0.25) is 0 Å². The molecule has 0 aliphatic carbocycles. The number of fused-ring (bicyclic) bond motifs is 1. The highest BCUT2D eigenvalue weighted by Gasteiger charge is 2.09. The second-order valence-corrected chi connectivity index (χ2v) is 4.61. The molecule has 2 aromatic carbocycles. The molecular weight excluding hydrogens is 274 g/mol. The molecule has 0 N–H and O–H groups in total. The van der Waals surface area contributed by atoms with Crippen LogP contribution in [0.3, 0.4) is 0 Å². The van der Waals surface area contributed by atoms with Crippen LogP contribution in [-0.2, 0) is 0 Å². The third-order valence-corrected chi connectivity index (χ3v) is 3.27. The number of hydrogen-bond donors (Lipinski definition) is 0. The van der Waals surface area contributed by atoms with Crippen molar-refractivity contribution in [3.63, 3.8) is 0 Å². The van der Waals surface area contributed by atoms with E-state index in [2.05, 4.69) is 4.98 Å². The lowest BCUT2D eigenvalue weighted by molar-refractivity contribution is 0.112. The molecule has 0 aliphatic heterocycles. The van der Waals surface area contributed by atoms with Crippen molar-refractivity contribution in [2.24, 2.45) is 0 Å². The van der Waals surface area contributed by atoms with Crippen LogP contribution in [0, 0.1) is 0 Å². The maximum atomic E-state index is 11.0. The number of aldehydes is 1. The quantitative estimate of drug-likeness (QED) is 0.665. The molecule has 3 rings (SSSR count). The van der Waals surface area contributed by atoms with Gasteiger partial charge in [-0.1, -0.05) is 23.7 Å². The van der Waals surface area contributed by atoms with Gasteiger partial charge in [0.15, 0.2) is 12.0 Å². The van der Waals surface area contributed by atoms with E-state index in [4.69, 9.17) is 16.3 Å². The van der Waals surface area contributed by atoms with Crippen LogP contribution >= 0.6 is 11.6 Å². The molecule has 3 nitrogen and oxygen atoms in total. The minimum Gasteiger partial charge on any atom is -0.454 e. The van der Waals surface area contributed by atoms with Crippen LogP contribution in [0.1, 0.15) is 10.4 Å². The molecule has 0 saturated carbocycles. The maximum absolute atomic E-state index is 11.0. The normalized spacial score (nSPS) is 10.4. The summed E-state index contributed by atoms with van der Waals surface area (Å²) in [6.07, 6.45) is 2.44. The molecule has 20 heavy (non-hydrogen) atoms. The fourth-order valence-corrected chi connectivity index (χ4v) is 2.20. The Labute approximate surface area is 120 Å². The van der Waals surface area contributed by atoms with Crippen molar-refractivity contribution in [2.75, 3.05) is 0 Å². The zero-order valence-corrected chi connectivity index (χ0v) is 11.2. The van der Waals surface area contributed by atoms with Gasteiger partial charge in [-0.15, -0.1) is 0 Å². The van der Waals surface area contributed by atoms with Gasteiger partial charge in [-0.2, -0.15) is 0 Å². The number of carbonyl (C=O) groups excluding carboxylic acids is 1. The molecule has 0 amide bonds. The smallest absolute Gasteiger partial charge is 0.153 e. The van der Waals surface area contributed by atoms with Crippen molar-refractivity contribution in [2.45, 2.75) is 0 Å². The number of benzene rings is 2. The number of carbonyl (C=O) groups is 1. The van der Waals surface area contributed by atoms with Gasteiger partial charge in [0.1, 0.15) is 11.3 Å². The van der Waals surface area contributed by atoms with Gasteiger partial charge in [-0.25, -0.2) is 0 Å². The second-order valence-electron chi connectivity index (χ2n) is 4.20. The van der Waals surface area contributed by atoms with Crippen LogP contribution < -0.4 is 4.74 Å². The van der Waals surface area contributed by atoms with Gasteiger partial charge in [0, 0.05) is 11.6 Å². The van der Waals surface area contributed by atoms with Crippen molar-refractivity contribution < 1.29 is 9.53 Å². The Hall–Kier alpha value is -2.39. The van der Waals surface area contributed by atoms with E-state index in [1.165, 1.54) is 0 Å². The molecule has 98 valence electrons. The predicted molar refractivity (Wildman–Crippen MR) is 78.7 cm³/mol. The number of ether oxygens (including phenoxy) is 1. The van der Waals surface area contributed by atoms with Crippen LogP contribution in [0.25, 0.3) is 10.9 Å². The highest BCUT2D eigenvalue weighted by Crippen LogP contribution is 2.33. The molecule has 4 heteroatoms. The van der Waals surface area contributed by atoms with Crippen molar-refractivity contribution in [3.8, 4) is 11.5 Å². The molecule has 0 radical (unpaired) electrons. The van der Waals surface area contributed by atoms with Crippen LogP contribution in [0.5, 0.6) is 11.5 Å². The van der Waals surface area contributed by atoms with E-state index in [1.807, 2.05) is 18.2 Å². The molecule has 0 spiro atoms. The first kappa shape index (κ1) is 12.6. The van der Waals surface area contributed by atoms with Crippen molar-refractivity contribution >= 4 is 28.8 Å². The third-order valence-electron chi connectivity index (χ3n) is 2.95. The van der Waals surface area contributed by atoms with Crippen molar-refractivity contribution in [1.29, 1.82) is 0 Å². The standard InChI is InChI=1S/C16H10ClNO2/c17-13-7-8-15(16-12(13)5-3-9-18-16)20-14-6-2-1-4-11(14)10-19/h1-10H. The van der Waals surface area contributed by atoms with E-state index in [-0.39, 0.29) is 0 Å². The molecule has 0 fully saturated rings. The summed E-state index contributed by atoms with van der Waals surface area (Å²) < 4.78 is 5.82. The summed E-state index contributed by atoms with van der Waals surface area (Å²) in [6.45, 7) is 0. The number of nitrogens with zero attached hydrogens (tertiary/aromatic N) is 1. The number of pyridine rings is 1. The van der Waals surface area contributed by atoms with Gasteiger partial charge in [-0.3, -0.25) is 9.78 Å². The number of hydrogen-bond acceptors (Lipinski definition) is 3. The van der Waals surface area contributed by atoms with Gasteiger partial charge in [-0.05, 0) is 36.4 Å². The van der Waals surface area contributed by atoms with E-state index in [0.29, 0.717) is 27.6 Å². The average Bonchev–Trinajstić information content (AvgIpc) is 2.51. The third kappa shape index (κ3) is 2.24. The molecule has 0 bridgehead atoms. The molecule has 0 atom stereocenters. The summed E-state index contributed by atoms with van der Waals surface area (Å²) in [5.74, 6) is 1.07. The minimum atomic E-state index is 0.492. The molecule has 0 aliphatic rings. The van der Waals surface area contributed by atoms with Crippen molar-refractivity contribution in [3.05, 3.63) is 65.3 Å². The maximum Gasteiger partial charge on any atom is 0.153 e. The van der Waals surface area contributed by atoms with Crippen LogP contribution in [-0.4, -0.2) is 11.3 Å².